The molecule has 4 aromatic rings. The lowest BCUT2D eigenvalue weighted by Gasteiger charge is -2.41. The van der Waals surface area contributed by atoms with Gasteiger partial charge in [0.05, 0.1) is 17.2 Å². The van der Waals surface area contributed by atoms with Gasteiger partial charge in [0.25, 0.3) is 5.56 Å². The van der Waals surface area contributed by atoms with Gasteiger partial charge in [0.15, 0.2) is 0 Å². The number of aromatic nitrogens is 2. The van der Waals surface area contributed by atoms with Crippen molar-refractivity contribution in [2.45, 2.75) is 13.0 Å². The quantitative estimate of drug-likeness (QED) is 0.396. The number of hydrogen-bond donors (Lipinski definition) is 0. The maximum Gasteiger partial charge on any atom is 0.271 e. The molecule has 8 heteroatoms. The Morgan fingerprint density at radius 3 is 1.94 bits per heavy atom. The number of aryl methyl sites for hydroxylation is 2. The number of piperazine rings is 1. The van der Waals surface area contributed by atoms with Crippen molar-refractivity contribution in [2.24, 2.45) is 7.05 Å². The Morgan fingerprint density at radius 2 is 1.40 bits per heavy atom. The van der Waals surface area contributed by atoms with Crippen LogP contribution in [0.4, 0.5) is 14.5 Å². The van der Waals surface area contributed by atoms with E-state index in [2.05, 4.69) is 9.80 Å². The van der Waals surface area contributed by atoms with Gasteiger partial charge in [0, 0.05) is 38.9 Å². The molecule has 0 N–H and O–H groups in total. The summed E-state index contributed by atoms with van der Waals surface area (Å²) in [6, 6.07) is 16.5. The zero-order valence-corrected chi connectivity index (χ0v) is 20.3. The zero-order chi connectivity index (χ0) is 24.7. The number of anilines is 1. The van der Waals surface area contributed by atoms with E-state index in [0.717, 1.165) is 22.3 Å². The maximum atomic E-state index is 13.6. The van der Waals surface area contributed by atoms with Crippen LogP contribution in [0.25, 0.3) is 11.0 Å². The van der Waals surface area contributed by atoms with Crippen molar-refractivity contribution >= 4 is 28.3 Å². The average molecular weight is 495 g/mol. The summed E-state index contributed by atoms with van der Waals surface area (Å²) in [4.78, 5) is 21.9. The lowest BCUT2D eigenvalue weighted by Crippen LogP contribution is -2.48. The predicted octanol–water partition coefficient (Wildman–Crippen LogP) is 5.09. The Kier molecular flexibility index (Phi) is 6.30. The van der Waals surface area contributed by atoms with Crippen molar-refractivity contribution in [3.63, 3.8) is 0 Å². The standard InChI is InChI=1S/C27H25ClF2N4O/c1-17-3-12-22-24(31-17)26(23(28)27(35)32(22)2)34-15-13-33(14-16-34)25(18-4-8-20(29)9-5-18)19-6-10-21(30)11-7-19/h3-12,25H,13-16H2,1-2H3. The van der Waals surface area contributed by atoms with Crippen LogP contribution in [0.3, 0.4) is 0 Å². The van der Waals surface area contributed by atoms with Crippen LogP contribution < -0.4 is 10.5 Å². The Balaban J connectivity index is 1.49. The fourth-order valence-corrected chi connectivity index (χ4v) is 5.19. The molecule has 1 aliphatic rings. The zero-order valence-electron chi connectivity index (χ0n) is 19.5. The third-order valence-corrected chi connectivity index (χ3v) is 7.01. The van der Waals surface area contributed by atoms with E-state index in [9.17, 15) is 13.6 Å². The summed E-state index contributed by atoms with van der Waals surface area (Å²) in [5.41, 5.74) is 4.56. The first-order valence-electron chi connectivity index (χ1n) is 11.5. The summed E-state index contributed by atoms with van der Waals surface area (Å²) in [7, 11) is 1.70. The monoisotopic (exact) mass is 494 g/mol. The van der Waals surface area contributed by atoms with Crippen LogP contribution in [0.5, 0.6) is 0 Å². The van der Waals surface area contributed by atoms with Crippen LogP contribution in [0.1, 0.15) is 22.9 Å². The summed E-state index contributed by atoms with van der Waals surface area (Å²) in [6.07, 6.45) is 0. The van der Waals surface area contributed by atoms with Crippen LogP contribution in [-0.2, 0) is 7.05 Å². The van der Waals surface area contributed by atoms with Crippen LogP contribution in [0, 0.1) is 18.6 Å². The smallest absolute Gasteiger partial charge is 0.271 e. The van der Waals surface area contributed by atoms with Crippen LogP contribution in [0.15, 0.2) is 65.5 Å². The first kappa shape index (κ1) is 23.5. The highest BCUT2D eigenvalue weighted by Crippen LogP contribution is 2.34. The van der Waals surface area contributed by atoms with E-state index in [4.69, 9.17) is 16.6 Å². The normalized spacial score (nSPS) is 14.7. The topological polar surface area (TPSA) is 41.4 Å². The molecule has 1 saturated heterocycles. The molecule has 5 nitrogen and oxygen atoms in total. The van der Waals surface area contributed by atoms with Gasteiger partial charge in [0.2, 0.25) is 0 Å². The average Bonchev–Trinajstić information content (AvgIpc) is 2.86. The molecule has 0 bridgehead atoms. The maximum absolute atomic E-state index is 13.6. The molecule has 1 aliphatic heterocycles. The molecule has 2 aromatic carbocycles. The van der Waals surface area contributed by atoms with Gasteiger partial charge in [0.1, 0.15) is 22.2 Å². The number of fused-ring (bicyclic) bond motifs is 1. The summed E-state index contributed by atoms with van der Waals surface area (Å²) in [6.45, 7) is 4.49. The minimum atomic E-state index is -0.300. The van der Waals surface area contributed by atoms with Crippen molar-refractivity contribution in [3.05, 3.63) is 104 Å². The van der Waals surface area contributed by atoms with E-state index >= 15 is 0 Å². The minimum Gasteiger partial charge on any atom is -0.366 e. The van der Waals surface area contributed by atoms with Crippen molar-refractivity contribution in [3.8, 4) is 0 Å². The van der Waals surface area contributed by atoms with Crippen molar-refractivity contribution in [2.75, 3.05) is 31.1 Å². The molecule has 0 spiro atoms. The molecule has 3 heterocycles. The molecule has 35 heavy (non-hydrogen) atoms. The SMILES string of the molecule is Cc1ccc2c(n1)c(N1CCN(C(c3ccc(F)cc3)c3ccc(F)cc3)CC1)c(Cl)c(=O)n2C. The first-order chi connectivity index (χ1) is 16.8. The molecular weight excluding hydrogens is 470 g/mol. The molecule has 5 rings (SSSR count). The van der Waals surface area contributed by atoms with Crippen LogP contribution in [0.2, 0.25) is 5.02 Å². The Morgan fingerprint density at radius 1 is 0.857 bits per heavy atom. The third kappa shape index (κ3) is 4.42. The summed E-state index contributed by atoms with van der Waals surface area (Å²) >= 11 is 6.58. The van der Waals surface area contributed by atoms with E-state index in [1.807, 2.05) is 19.1 Å². The van der Waals surface area contributed by atoms with Gasteiger partial charge >= 0.3 is 0 Å². The summed E-state index contributed by atoms with van der Waals surface area (Å²) in [5, 5.41) is 0.167. The van der Waals surface area contributed by atoms with Crippen molar-refractivity contribution < 1.29 is 8.78 Å². The number of nitrogens with zero attached hydrogens (tertiary/aromatic N) is 4. The van der Waals surface area contributed by atoms with Crippen LogP contribution >= 0.6 is 11.6 Å². The summed E-state index contributed by atoms with van der Waals surface area (Å²) < 4.78 is 28.8. The van der Waals surface area contributed by atoms with E-state index in [0.29, 0.717) is 37.4 Å². The van der Waals surface area contributed by atoms with Gasteiger partial charge in [-0.2, -0.15) is 0 Å². The first-order valence-corrected chi connectivity index (χ1v) is 11.9. The number of hydrogen-bond acceptors (Lipinski definition) is 4. The molecule has 2 aromatic heterocycles. The third-order valence-electron chi connectivity index (χ3n) is 6.67. The largest absolute Gasteiger partial charge is 0.366 e. The van der Waals surface area contributed by atoms with Gasteiger partial charge in [-0.15, -0.1) is 0 Å². The van der Waals surface area contributed by atoms with Gasteiger partial charge in [-0.25, -0.2) is 13.8 Å². The van der Waals surface area contributed by atoms with E-state index in [1.54, 1.807) is 31.3 Å². The second-order valence-corrected chi connectivity index (χ2v) is 9.25. The molecule has 0 amide bonds. The van der Waals surface area contributed by atoms with Gasteiger partial charge in [-0.1, -0.05) is 35.9 Å². The molecule has 1 fully saturated rings. The Hall–Kier alpha value is -3.29. The fraction of sp³-hybridized carbons (Fsp3) is 0.259. The second kappa shape index (κ2) is 9.40. The number of halogens is 3. The lowest BCUT2D eigenvalue weighted by molar-refractivity contribution is 0.212. The van der Waals surface area contributed by atoms with E-state index < -0.39 is 0 Å². The van der Waals surface area contributed by atoms with Crippen LogP contribution in [-0.4, -0.2) is 40.6 Å². The number of benzene rings is 2. The molecule has 0 atom stereocenters. The number of rotatable bonds is 4. The minimum absolute atomic E-state index is 0.158. The Labute approximate surface area is 207 Å². The van der Waals surface area contributed by atoms with E-state index in [1.165, 1.54) is 28.8 Å². The molecular formula is C27H25ClF2N4O. The highest BCUT2D eigenvalue weighted by atomic mass is 35.5. The highest BCUT2D eigenvalue weighted by Gasteiger charge is 2.29. The van der Waals surface area contributed by atoms with Gasteiger partial charge in [-0.3, -0.25) is 9.69 Å². The Bertz CT molecular complexity index is 1380. The molecule has 0 unspecified atom stereocenters. The van der Waals surface area contributed by atoms with Gasteiger partial charge < -0.3 is 9.47 Å². The van der Waals surface area contributed by atoms with E-state index in [-0.39, 0.29) is 28.3 Å². The van der Waals surface area contributed by atoms with Crippen molar-refractivity contribution in [1.82, 2.24) is 14.5 Å². The number of pyridine rings is 2. The fourth-order valence-electron chi connectivity index (χ4n) is 4.85. The molecule has 0 saturated carbocycles. The van der Waals surface area contributed by atoms with Gasteiger partial charge in [-0.05, 0) is 54.4 Å². The molecule has 0 aliphatic carbocycles. The van der Waals surface area contributed by atoms with Crippen molar-refractivity contribution in [1.29, 1.82) is 0 Å². The summed E-state index contributed by atoms with van der Waals surface area (Å²) in [5.74, 6) is -0.599. The predicted molar refractivity (Wildman–Crippen MR) is 135 cm³/mol. The molecule has 0 radical (unpaired) electrons. The lowest BCUT2D eigenvalue weighted by atomic mass is 9.96. The second-order valence-electron chi connectivity index (χ2n) is 8.88. The molecule has 180 valence electrons. The highest BCUT2D eigenvalue weighted by molar-refractivity contribution is 6.34.